The fraction of sp³-hybridized carbons (Fsp3) is 0.167. The monoisotopic (exact) mass is 419 g/mol. The average Bonchev–Trinajstić information content (AvgIpc) is 2.75. The zero-order valence-corrected chi connectivity index (χ0v) is 17.6. The van der Waals surface area contributed by atoms with Crippen molar-refractivity contribution < 1.29 is 19.1 Å². The second-order valence-electron chi connectivity index (χ2n) is 6.89. The molecular formula is C24H25N3O4. The summed E-state index contributed by atoms with van der Waals surface area (Å²) in [5.41, 5.74) is 1.86. The number of nitrogens with one attached hydrogen (secondary N) is 3. The Hall–Kier alpha value is -4.00. The van der Waals surface area contributed by atoms with Gasteiger partial charge in [-0.05, 0) is 61.5 Å². The first-order valence-electron chi connectivity index (χ1n) is 9.80. The predicted octanol–water partition coefficient (Wildman–Crippen LogP) is 4.89. The molecule has 3 aromatic carbocycles. The summed E-state index contributed by atoms with van der Waals surface area (Å²) in [6, 6.07) is 21.2. The van der Waals surface area contributed by atoms with Gasteiger partial charge in [0.1, 0.15) is 23.3 Å². The molecule has 0 spiro atoms. The Bertz CT molecular complexity index is 1040. The molecule has 0 radical (unpaired) electrons. The van der Waals surface area contributed by atoms with Crippen LogP contribution >= 0.6 is 0 Å². The van der Waals surface area contributed by atoms with Gasteiger partial charge in [0, 0.05) is 18.3 Å². The van der Waals surface area contributed by atoms with Crippen molar-refractivity contribution in [1.82, 2.24) is 0 Å². The van der Waals surface area contributed by atoms with E-state index >= 15 is 0 Å². The van der Waals surface area contributed by atoms with Crippen LogP contribution in [0.15, 0.2) is 72.8 Å². The van der Waals surface area contributed by atoms with Gasteiger partial charge in [0.25, 0.3) is 0 Å². The molecule has 0 heterocycles. The molecular weight excluding hydrogens is 394 g/mol. The Morgan fingerprint density at radius 3 is 2.13 bits per heavy atom. The molecule has 3 rings (SSSR count). The fourth-order valence-electron chi connectivity index (χ4n) is 2.88. The smallest absolute Gasteiger partial charge is 0.246 e. The van der Waals surface area contributed by atoms with Crippen LogP contribution in [0.5, 0.6) is 17.2 Å². The third-order valence-electron chi connectivity index (χ3n) is 4.39. The normalized spacial score (nSPS) is 11.2. The van der Waals surface area contributed by atoms with Crippen LogP contribution in [0, 0.1) is 0 Å². The van der Waals surface area contributed by atoms with Gasteiger partial charge in [-0.1, -0.05) is 18.2 Å². The minimum atomic E-state index is -0.554. The maximum Gasteiger partial charge on any atom is 0.246 e. The lowest BCUT2D eigenvalue weighted by Crippen LogP contribution is -2.32. The van der Waals surface area contributed by atoms with E-state index in [1.807, 2.05) is 30.3 Å². The molecule has 0 aliphatic rings. The Kier molecular flexibility index (Phi) is 7.11. The van der Waals surface area contributed by atoms with Crippen LogP contribution in [0.3, 0.4) is 0 Å². The summed E-state index contributed by atoms with van der Waals surface area (Å²) in [6.07, 6.45) is 0. The van der Waals surface area contributed by atoms with E-state index in [2.05, 4.69) is 16.0 Å². The van der Waals surface area contributed by atoms with Crippen LogP contribution in [0.2, 0.25) is 0 Å². The number of ether oxygens (including phenoxy) is 2. The van der Waals surface area contributed by atoms with Gasteiger partial charge < -0.3 is 25.4 Å². The van der Waals surface area contributed by atoms with E-state index in [1.165, 1.54) is 6.92 Å². The summed E-state index contributed by atoms with van der Waals surface area (Å²) in [5.74, 6) is 1.59. The minimum absolute atomic E-state index is 0.179. The highest BCUT2D eigenvalue weighted by Crippen LogP contribution is 2.29. The third-order valence-corrected chi connectivity index (χ3v) is 4.39. The number of amides is 2. The van der Waals surface area contributed by atoms with Crippen LogP contribution in [0.1, 0.15) is 13.8 Å². The van der Waals surface area contributed by atoms with E-state index in [9.17, 15) is 9.59 Å². The van der Waals surface area contributed by atoms with Gasteiger partial charge in [0.2, 0.25) is 11.8 Å². The van der Waals surface area contributed by atoms with E-state index in [1.54, 1.807) is 56.5 Å². The van der Waals surface area contributed by atoms with E-state index in [0.717, 1.165) is 5.75 Å². The number of carbonyl (C=O) groups is 2. The van der Waals surface area contributed by atoms with Crippen molar-refractivity contribution >= 4 is 28.9 Å². The largest absolute Gasteiger partial charge is 0.495 e. The van der Waals surface area contributed by atoms with Gasteiger partial charge in [-0.2, -0.15) is 0 Å². The molecule has 0 saturated carbocycles. The Labute approximate surface area is 181 Å². The Morgan fingerprint density at radius 2 is 1.48 bits per heavy atom. The number of para-hydroxylation sites is 1. The first-order chi connectivity index (χ1) is 14.9. The van der Waals surface area contributed by atoms with Crippen molar-refractivity contribution in [2.75, 3.05) is 23.1 Å². The molecule has 3 N–H and O–H groups in total. The van der Waals surface area contributed by atoms with Crippen molar-refractivity contribution in [3.63, 3.8) is 0 Å². The van der Waals surface area contributed by atoms with E-state index in [-0.39, 0.29) is 11.8 Å². The van der Waals surface area contributed by atoms with Crippen LogP contribution in [-0.2, 0) is 9.59 Å². The molecule has 0 aromatic heterocycles. The van der Waals surface area contributed by atoms with Crippen LogP contribution in [-0.4, -0.2) is 25.0 Å². The zero-order valence-electron chi connectivity index (χ0n) is 17.6. The summed E-state index contributed by atoms with van der Waals surface area (Å²) in [4.78, 5) is 23.9. The molecule has 160 valence electrons. The van der Waals surface area contributed by atoms with Gasteiger partial charge in [-0.15, -0.1) is 0 Å². The highest BCUT2D eigenvalue weighted by molar-refractivity contribution is 5.97. The van der Waals surface area contributed by atoms with Crippen molar-refractivity contribution in [3.05, 3.63) is 72.8 Å². The first kappa shape index (κ1) is 21.7. The minimum Gasteiger partial charge on any atom is -0.495 e. The lowest BCUT2D eigenvalue weighted by molar-refractivity contribution is -0.116. The lowest BCUT2D eigenvalue weighted by Gasteiger charge is -2.18. The van der Waals surface area contributed by atoms with Gasteiger partial charge in [-0.25, -0.2) is 0 Å². The van der Waals surface area contributed by atoms with Gasteiger partial charge >= 0.3 is 0 Å². The quantitative estimate of drug-likeness (QED) is 0.484. The molecule has 0 aliphatic carbocycles. The summed E-state index contributed by atoms with van der Waals surface area (Å²) < 4.78 is 11.1. The molecule has 2 amide bonds. The Morgan fingerprint density at radius 1 is 0.839 bits per heavy atom. The summed E-state index contributed by atoms with van der Waals surface area (Å²) in [7, 11) is 1.54. The van der Waals surface area contributed by atoms with Crippen molar-refractivity contribution in [2.24, 2.45) is 0 Å². The molecule has 31 heavy (non-hydrogen) atoms. The highest BCUT2D eigenvalue weighted by Gasteiger charge is 2.16. The van der Waals surface area contributed by atoms with E-state index in [4.69, 9.17) is 9.47 Å². The molecule has 3 aromatic rings. The SMILES string of the molecule is COc1ccc(NC(C)=O)cc1NC(C)C(=O)Nc1ccc(Oc2ccccc2)cc1. The molecule has 0 bridgehead atoms. The standard InChI is InChI=1S/C24H25N3O4/c1-16(25-22-15-19(26-17(2)28)11-14-23(22)30-3)24(29)27-18-9-12-21(13-10-18)31-20-7-5-4-6-8-20/h4-16,25H,1-3H3,(H,26,28)(H,27,29). The van der Waals surface area contributed by atoms with Crippen LogP contribution in [0.4, 0.5) is 17.1 Å². The number of anilines is 3. The predicted molar refractivity (Wildman–Crippen MR) is 122 cm³/mol. The molecule has 1 atom stereocenters. The molecule has 0 fully saturated rings. The fourth-order valence-corrected chi connectivity index (χ4v) is 2.88. The van der Waals surface area contributed by atoms with Crippen molar-refractivity contribution in [3.8, 4) is 17.2 Å². The van der Waals surface area contributed by atoms with Crippen molar-refractivity contribution in [1.29, 1.82) is 0 Å². The molecule has 7 nitrogen and oxygen atoms in total. The lowest BCUT2D eigenvalue weighted by atomic mass is 10.2. The van der Waals surface area contributed by atoms with Crippen LogP contribution in [0.25, 0.3) is 0 Å². The molecule has 0 aliphatic heterocycles. The second-order valence-corrected chi connectivity index (χ2v) is 6.89. The highest BCUT2D eigenvalue weighted by atomic mass is 16.5. The third kappa shape index (κ3) is 6.24. The second kappa shape index (κ2) is 10.2. The van der Waals surface area contributed by atoms with Gasteiger partial charge in [0.05, 0.1) is 12.8 Å². The number of rotatable bonds is 8. The topological polar surface area (TPSA) is 88.7 Å². The molecule has 0 saturated heterocycles. The summed E-state index contributed by atoms with van der Waals surface area (Å²) in [5, 5.41) is 8.71. The number of methoxy groups -OCH3 is 1. The number of hydrogen-bond acceptors (Lipinski definition) is 5. The van der Waals surface area contributed by atoms with Crippen LogP contribution < -0.4 is 25.4 Å². The Balaban J connectivity index is 1.62. The van der Waals surface area contributed by atoms with Crippen molar-refractivity contribution in [2.45, 2.75) is 19.9 Å². The van der Waals surface area contributed by atoms with Gasteiger partial charge in [-0.3, -0.25) is 9.59 Å². The number of benzene rings is 3. The number of hydrogen-bond donors (Lipinski definition) is 3. The van der Waals surface area contributed by atoms with Gasteiger partial charge in [0.15, 0.2) is 0 Å². The zero-order chi connectivity index (χ0) is 22.2. The molecule has 1 unspecified atom stereocenters. The maximum atomic E-state index is 12.6. The van der Waals surface area contributed by atoms with E-state index < -0.39 is 6.04 Å². The van der Waals surface area contributed by atoms with E-state index in [0.29, 0.717) is 28.6 Å². The molecule has 7 heteroatoms. The maximum absolute atomic E-state index is 12.6. The summed E-state index contributed by atoms with van der Waals surface area (Å²) in [6.45, 7) is 3.18. The summed E-state index contributed by atoms with van der Waals surface area (Å²) >= 11 is 0. The average molecular weight is 419 g/mol. The first-order valence-corrected chi connectivity index (χ1v) is 9.80. The number of carbonyl (C=O) groups excluding carboxylic acids is 2.